The first-order valence-corrected chi connectivity index (χ1v) is 9.27. The standard InChI is InChI=1S/C19H26BrN5O/c1-14-6-5-7-15(10-14)18(26)22-8-9-23-19(21-2)25(4)13-17-11-16(20)12-24(17)3/h5-7,10-12H,8-9,13H2,1-4H3,(H,21,23)(H,22,26). The zero-order valence-corrected chi connectivity index (χ0v) is 17.3. The van der Waals surface area contributed by atoms with E-state index in [9.17, 15) is 4.79 Å². The van der Waals surface area contributed by atoms with Gasteiger partial charge in [0.2, 0.25) is 0 Å². The maximum atomic E-state index is 12.1. The van der Waals surface area contributed by atoms with E-state index in [1.807, 2.05) is 56.4 Å². The van der Waals surface area contributed by atoms with Crippen molar-refractivity contribution in [3.05, 3.63) is 57.8 Å². The maximum absolute atomic E-state index is 12.1. The lowest BCUT2D eigenvalue weighted by Crippen LogP contribution is -2.42. The van der Waals surface area contributed by atoms with E-state index in [-0.39, 0.29) is 5.91 Å². The van der Waals surface area contributed by atoms with E-state index in [0.717, 1.165) is 22.5 Å². The van der Waals surface area contributed by atoms with Crippen molar-refractivity contribution in [2.75, 3.05) is 27.2 Å². The van der Waals surface area contributed by atoms with Gasteiger partial charge in [-0.1, -0.05) is 17.7 Å². The Balaban J connectivity index is 1.79. The highest BCUT2D eigenvalue weighted by molar-refractivity contribution is 9.10. The van der Waals surface area contributed by atoms with Crippen LogP contribution in [0, 0.1) is 6.92 Å². The topological polar surface area (TPSA) is 61.7 Å². The number of halogens is 1. The zero-order valence-electron chi connectivity index (χ0n) is 15.7. The second-order valence-electron chi connectivity index (χ2n) is 6.22. The van der Waals surface area contributed by atoms with Crippen LogP contribution in [0.4, 0.5) is 0 Å². The van der Waals surface area contributed by atoms with Crippen LogP contribution in [0.3, 0.4) is 0 Å². The van der Waals surface area contributed by atoms with Crippen LogP contribution >= 0.6 is 15.9 Å². The molecule has 0 unspecified atom stereocenters. The number of carbonyl (C=O) groups excluding carboxylic acids is 1. The lowest BCUT2D eigenvalue weighted by atomic mass is 10.1. The summed E-state index contributed by atoms with van der Waals surface area (Å²) in [5, 5.41) is 6.20. The second-order valence-corrected chi connectivity index (χ2v) is 7.13. The summed E-state index contributed by atoms with van der Waals surface area (Å²) < 4.78 is 3.14. The molecular formula is C19H26BrN5O. The summed E-state index contributed by atoms with van der Waals surface area (Å²) in [4.78, 5) is 18.5. The molecule has 7 heteroatoms. The molecule has 0 atom stereocenters. The molecule has 0 saturated carbocycles. The second kappa shape index (κ2) is 9.43. The van der Waals surface area contributed by atoms with E-state index < -0.39 is 0 Å². The number of aryl methyl sites for hydroxylation is 2. The molecule has 2 N–H and O–H groups in total. The third kappa shape index (κ3) is 5.62. The van der Waals surface area contributed by atoms with Crippen molar-refractivity contribution in [3.8, 4) is 0 Å². The van der Waals surface area contributed by atoms with Gasteiger partial charge in [0.1, 0.15) is 0 Å². The van der Waals surface area contributed by atoms with E-state index in [1.54, 1.807) is 7.05 Å². The van der Waals surface area contributed by atoms with Gasteiger partial charge >= 0.3 is 0 Å². The summed E-state index contributed by atoms with van der Waals surface area (Å²) in [6.07, 6.45) is 2.03. The molecule has 0 radical (unpaired) electrons. The van der Waals surface area contributed by atoms with Crippen molar-refractivity contribution in [2.45, 2.75) is 13.5 Å². The first kappa shape index (κ1) is 20.0. The van der Waals surface area contributed by atoms with Crippen LogP contribution in [0.15, 0.2) is 46.0 Å². The monoisotopic (exact) mass is 419 g/mol. The molecule has 0 aliphatic rings. The van der Waals surface area contributed by atoms with Crippen LogP contribution in [0.2, 0.25) is 0 Å². The molecule has 0 fully saturated rings. The molecule has 1 amide bonds. The lowest BCUT2D eigenvalue weighted by Gasteiger charge is -2.22. The summed E-state index contributed by atoms with van der Waals surface area (Å²) in [6.45, 7) is 3.83. The van der Waals surface area contributed by atoms with Gasteiger partial charge in [-0.25, -0.2) is 0 Å². The molecule has 0 saturated heterocycles. The SMILES string of the molecule is CN=C(NCCNC(=O)c1cccc(C)c1)N(C)Cc1cc(Br)cn1C. The first-order chi connectivity index (χ1) is 12.4. The molecule has 1 aromatic heterocycles. The lowest BCUT2D eigenvalue weighted by molar-refractivity contribution is 0.0954. The van der Waals surface area contributed by atoms with Gasteiger partial charge in [-0.15, -0.1) is 0 Å². The van der Waals surface area contributed by atoms with Gasteiger partial charge in [0.05, 0.1) is 6.54 Å². The molecule has 0 aliphatic carbocycles. The number of hydrogen-bond donors (Lipinski definition) is 2. The van der Waals surface area contributed by atoms with E-state index in [2.05, 4.69) is 42.2 Å². The molecule has 2 rings (SSSR count). The van der Waals surface area contributed by atoms with E-state index >= 15 is 0 Å². The number of amides is 1. The Labute approximate surface area is 163 Å². The number of benzene rings is 1. The minimum absolute atomic E-state index is 0.0625. The average molecular weight is 420 g/mol. The third-order valence-corrected chi connectivity index (χ3v) is 4.45. The number of carbonyl (C=O) groups is 1. The van der Waals surface area contributed by atoms with Crippen molar-refractivity contribution < 1.29 is 4.79 Å². The number of rotatable bonds is 6. The number of nitrogens with zero attached hydrogens (tertiary/aromatic N) is 3. The van der Waals surface area contributed by atoms with Crippen LogP contribution in [0.5, 0.6) is 0 Å². The van der Waals surface area contributed by atoms with Gasteiger partial charge in [0.15, 0.2) is 5.96 Å². The van der Waals surface area contributed by atoms with Crippen molar-refractivity contribution in [1.29, 1.82) is 0 Å². The molecule has 0 aliphatic heterocycles. The molecule has 1 aromatic carbocycles. The summed E-state index contributed by atoms with van der Waals surface area (Å²) in [5.41, 5.74) is 2.93. The van der Waals surface area contributed by atoms with Gasteiger partial charge in [-0.3, -0.25) is 9.79 Å². The summed E-state index contributed by atoms with van der Waals surface area (Å²) >= 11 is 3.49. The maximum Gasteiger partial charge on any atom is 0.251 e. The quantitative estimate of drug-likeness (QED) is 0.429. The minimum atomic E-state index is -0.0625. The average Bonchev–Trinajstić information content (AvgIpc) is 2.91. The highest BCUT2D eigenvalue weighted by atomic mass is 79.9. The fourth-order valence-electron chi connectivity index (χ4n) is 2.66. The fraction of sp³-hybridized carbons (Fsp3) is 0.368. The van der Waals surface area contributed by atoms with Gasteiger partial charge in [-0.2, -0.15) is 0 Å². The Kier molecular flexibility index (Phi) is 7.26. The summed E-state index contributed by atoms with van der Waals surface area (Å²) in [5.74, 6) is 0.722. The Morgan fingerprint density at radius 3 is 2.62 bits per heavy atom. The van der Waals surface area contributed by atoms with Crippen molar-refractivity contribution >= 4 is 27.8 Å². The van der Waals surface area contributed by atoms with Crippen molar-refractivity contribution in [1.82, 2.24) is 20.1 Å². The molecule has 140 valence electrons. The molecular weight excluding hydrogens is 394 g/mol. The van der Waals surface area contributed by atoms with Crippen LogP contribution in [0.25, 0.3) is 0 Å². The van der Waals surface area contributed by atoms with Crippen LogP contribution < -0.4 is 10.6 Å². The van der Waals surface area contributed by atoms with Crippen LogP contribution in [-0.2, 0) is 13.6 Å². The van der Waals surface area contributed by atoms with Crippen molar-refractivity contribution in [2.24, 2.45) is 12.0 Å². The normalized spacial score (nSPS) is 11.3. The number of nitrogens with one attached hydrogen (secondary N) is 2. The predicted octanol–water partition coefficient (Wildman–Crippen LogP) is 2.53. The largest absolute Gasteiger partial charge is 0.354 e. The number of aromatic nitrogens is 1. The van der Waals surface area contributed by atoms with Gasteiger partial charge in [-0.05, 0) is 41.1 Å². The minimum Gasteiger partial charge on any atom is -0.354 e. The van der Waals surface area contributed by atoms with E-state index in [0.29, 0.717) is 18.7 Å². The Morgan fingerprint density at radius 1 is 1.27 bits per heavy atom. The third-order valence-electron chi connectivity index (χ3n) is 4.02. The van der Waals surface area contributed by atoms with Gasteiger partial charge in [0, 0.05) is 56.2 Å². The number of guanidine groups is 1. The summed E-state index contributed by atoms with van der Waals surface area (Å²) in [7, 11) is 5.76. The predicted molar refractivity (Wildman–Crippen MR) is 109 cm³/mol. The smallest absolute Gasteiger partial charge is 0.251 e. The molecule has 1 heterocycles. The molecule has 2 aromatic rings. The molecule has 0 spiro atoms. The van der Waals surface area contributed by atoms with Gasteiger partial charge < -0.3 is 20.1 Å². The Morgan fingerprint density at radius 2 is 2.00 bits per heavy atom. The molecule has 26 heavy (non-hydrogen) atoms. The Hall–Kier alpha value is -2.28. The van der Waals surface area contributed by atoms with E-state index in [4.69, 9.17) is 0 Å². The van der Waals surface area contributed by atoms with Crippen molar-refractivity contribution in [3.63, 3.8) is 0 Å². The molecule has 0 bridgehead atoms. The van der Waals surface area contributed by atoms with Crippen LogP contribution in [0.1, 0.15) is 21.6 Å². The Bertz CT molecular complexity index is 784. The number of aliphatic imine (C=N–C) groups is 1. The van der Waals surface area contributed by atoms with Crippen LogP contribution in [-0.4, -0.2) is 48.5 Å². The fourth-order valence-corrected chi connectivity index (χ4v) is 3.24. The zero-order chi connectivity index (χ0) is 19.1. The number of hydrogen-bond acceptors (Lipinski definition) is 2. The highest BCUT2D eigenvalue weighted by Gasteiger charge is 2.10. The van der Waals surface area contributed by atoms with E-state index in [1.165, 1.54) is 5.69 Å². The molecule has 6 nitrogen and oxygen atoms in total. The highest BCUT2D eigenvalue weighted by Crippen LogP contribution is 2.14. The summed E-state index contributed by atoms with van der Waals surface area (Å²) in [6, 6.07) is 9.66. The first-order valence-electron chi connectivity index (χ1n) is 8.48. The van der Waals surface area contributed by atoms with Gasteiger partial charge in [0.25, 0.3) is 5.91 Å².